The van der Waals surface area contributed by atoms with Gasteiger partial charge in [0.2, 0.25) is 0 Å². The lowest BCUT2D eigenvalue weighted by Crippen LogP contribution is -1.92. The van der Waals surface area contributed by atoms with Crippen molar-refractivity contribution in [2.24, 2.45) is 0 Å². The van der Waals surface area contributed by atoms with Crippen molar-refractivity contribution in [1.29, 1.82) is 0 Å². The summed E-state index contributed by atoms with van der Waals surface area (Å²) in [6.45, 7) is 0. The van der Waals surface area contributed by atoms with Crippen LogP contribution in [-0.4, -0.2) is 4.98 Å². The molecule has 1 aromatic heterocycles. The van der Waals surface area contributed by atoms with E-state index in [1.54, 1.807) is 0 Å². The Balaban J connectivity index is 1.90. The normalized spacial score (nSPS) is 10.2. The van der Waals surface area contributed by atoms with E-state index in [4.69, 9.17) is 5.73 Å². The Morgan fingerprint density at radius 1 is 0.750 bits per heavy atom. The van der Waals surface area contributed by atoms with Gasteiger partial charge in [0.05, 0.1) is 11.9 Å². The van der Waals surface area contributed by atoms with Crippen LogP contribution in [0.25, 0.3) is 11.1 Å². The third-order valence-corrected chi connectivity index (χ3v) is 3.02. The molecule has 0 amide bonds. The SMILES string of the molecule is Nc1cccc(-c2cncc(Nc3ccccc3)c2)c1. The fraction of sp³-hybridized carbons (Fsp3) is 0. The molecule has 0 aliphatic carbocycles. The summed E-state index contributed by atoms with van der Waals surface area (Å²) in [5.74, 6) is 0. The third kappa shape index (κ3) is 2.78. The molecule has 3 nitrogen and oxygen atoms in total. The van der Waals surface area contributed by atoms with Gasteiger partial charge in [-0.1, -0.05) is 30.3 Å². The smallest absolute Gasteiger partial charge is 0.0576 e. The minimum absolute atomic E-state index is 0.754. The molecule has 2 aromatic carbocycles. The average Bonchev–Trinajstić information content (AvgIpc) is 2.49. The van der Waals surface area contributed by atoms with E-state index in [1.165, 1.54) is 0 Å². The summed E-state index contributed by atoms with van der Waals surface area (Å²) >= 11 is 0. The molecule has 20 heavy (non-hydrogen) atoms. The summed E-state index contributed by atoms with van der Waals surface area (Å²) in [5.41, 5.74) is 10.7. The molecule has 0 bridgehead atoms. The number of nitrogens with zero attached hydrogens (tertiary/aromatic N) is 1. The first-order valence-corrected chi connectivity index (χ1v) is 6.44. The van der Waals surface area contributed by atoms with E-state index in [1.807, 2.05) is 67.0 Å². The maximum Gasteiger partial charge on any atom is 0.0576 e. The predicted octanol–water partition coefficient (Wildman–Crippen LogP) is 4.07. The third-order valence-electron chi connectivity index (χ3n) is 3.02. The maximum atomic E-state index is 5.82. The van der Waals surface area contributed by atoms with Crippen molar-refractivity contribution in [2.45, 2.75) is 0 Å². The lowest BCUT2D eigenvalue weighted by Gasteiger charge is -2.08. The molecule has 0 saturated carbocycles. The summed E-state index contributed by atoms with van der Waals surface area (Å²) in [6.07, 6.45) is 3.65. The quantitative estimate of drug-likeness (QED) is 0.699. The molecule has 0 unspecified atom stereocenters. The minimum Gasteiger partial charge on any atom is -0.399 e. The topological polar surface area (TPSA) is 50.9 Å². The Labute approximate surface area is 118 Å². The first kappa shape index (κ1) is 12.2. The second-order valence-corrected chi connectivity index (χ2v) is 4.58. The molecular formula is C17H15N3. The lowest BCUT2D eigenvalue weighted by atomic mass is 10.1. The standard InChI is InChI=1S/C17H15N3/c18-15-6-4-5-13(9-15)14-10-17(12-19-11-14)20-16-7-2-1-3-8-16/h1-12,20H,18H2. The Bertz CT molecular complexity index is 708. The zero-order valence-electron chi connectivity index (χ0n) is 11.0. The Morgan fingerprint density at radius 3 is 2.40 bits per heavy atom. The number of nitrogens with one attached hydrogen (secondary N) is 1. The molecule has 0 saturated heterocycles. The van der Waals surface area contributed by atoms with Gasteiger partial charge in [-0.25, -0.2) is 0 Å². The molecule has 0 aliphatic heterocycles. The summed E-state index contributed by atoms with van der Waals surface area (Å²) in [5, 5.41) is 3.33. The molecule has 3 aromatic rings. The van der Waals surface area contributed by atoms with Crippen molar-refractivity contribution < 1.29 is 0 Å². The number of benzene rings is 2. The number of aromatic nitrogens is 1. The van der Waals surface area contributed by atoms with Crippen LogP contribution < -0.4 is 11.1 Å². The van der Waals surface area contributed by atoms with E-state index >= 15 is 0 Å². The molecular weight excluding hydrogens is 246 g/mol. The molecule has 1 heterocycles. The van der Waals surface area contributed by atoms with Crippen LogP contribution in [0.3, 0.4) is 0 Å². The van der Waals surface area contributed by atoms with Crippen molar-refractivity contribution in [3.05, 3.63) is 73.1 Å². The van der Waals surface area contributed by atoms with Gasteiger partial charge in [0.25, 0.3) is 0 Å². The largest absolute Gasteiger partial charge is 0.399 e. The molecule has 0 fully saturated rings. The summed E-state index contributed by atoms with van der Waals surface area (Å²) in [4.78, 5) is 4.28. The van der Waals surface area contributed by atoms with Gasteiger partial charge in [0.15, 0.2) is 0 Å². The zero-order valence-corrected chi connectivity index (χ0v) is 11.0. The summed E-state index contributed by atoms with van der Waals surface area (Å²) < 4.78 is 0. The fourth-order valence-corrected chi connectivity index (χ4v) is 2.07. The van der Waals surface area contributed by atoms with Gasteiger partial charge in [0, 0.05) is 23.1 Å². The molecule has 3 rings (SSSR count). The molecule has 0 spiro atoms. The summed E-state index contributed by atoms with van der Waals surface area (Å²) in [7, 11) is 0. The molecule has 3 N–H and O–H groups in total. The number of nitrogen functional groups attached to an aromatic ring is 1. The highest BCUT2D eigenvalue weighted by atomic mass is 14.9. The number of para-hydroxylation sites is 1. The monoisotopic (exact) mass is 261 g/mol. The van der Waals surface area contributed by atoms with E-state index in [0.717, 1.165) is 28.2 Å². The fourth-order valence-electron chi connectivity index (χ4n) is 2.07. The molecule has 0 radical (unpaired) electrons. The molecule has 98 valence electrons. The van der Waals surface area contributed by atoms with Gasteiger partial charge in [-0.15, -0.1) is 0 Å². The van der Waals surface area contributed by atoms with Crippen LogP contribution in [-0.2, 0) is 0 Å². The highest BCUT2D eigenvalue weighted by Gasteiger charge is 2.01. The summed E-state index contributed by atoms with van der Waals surface area (Å²) in [6, 6.07) is 19.9. The Morgan fingerprint density at radius 2 is 1.60 bits per heavy atom. The van der Waals surface area contributed by atoms with Crippen molar-refractivity contribution in [3.63, 3.8) is 0 Å². The van der Waals surface area contributed by atoms with E-state index < -0.39 is 0 Å². The van der Waals surface area contributed by atoms with Gasteiger partial charge in [-0.05, 0) is 35.9 Å². The van der Waals surface area contributed by atoms with Gasteiger partial charge in [-0.3, -0.25) is 4.98 Å². The number of anilines is 3. The number of hydrogen-bond donors (Lipinski definition) is 2. The Hall–Kier alpha value is -2.81. The molecule has 0 aliphatic rings. The average molecular weight is 261 g/mol. The van der Waals surface area contributed by atoms with E-state index in [2.05, 4.69) is 16.4 Å². The van der Waals surface area contributed by atoms with Crippen LogP contribution in [0, 0.1) is 0 Å². The van der Waals surface area contributed by atoms with Gasteiger partial charge < -0.3 is 11.1 Å². The van der Waals surface area contributed by atoms with Gasteiger partial charge in [0.1, 0.15) is 0 Å². The second-order valence-electron chi connectivity index (χ2n) is 4.58. The van der Waals surface area contributed by atoms with Crippen LogP contribution in [0.5, 0.6) is 0 Å². The van der Waals surface area contributed by atoms with Gasteiger partial charge in [-0.2, -0.15) is 0 Å². The van der Waals surface area contributed by atoms with Crippen LogP contribution in [0.15, 0.2) is 73.1 Å². The van der Waals surface area contributed by atoms with Crippen molar-refractivity contribution in [1.82, 2.24) is 4.98 Å². The van der Waals surface area contributed by atoms with Crippen LogP contribution >= 0.6 is 0 Å². The van der Waals surface area contributed by atoms with E-state index in [-0.39, 0.29) is 0 Å². The Kier molecular flexibility index (Phi) is 3.33. The van der Waals surface area contributed by atoms with E-state index in [0.29, 0.717) is 0 Å². The highest BCUT2D eigenvalue weighted by molar-refractivity contribution is 5.71. The molecule has 0 atom stereocenters. The number of rotatable bonds is 3. The number of nitrogens with two attached hydrogens (primary N) is 1. The van der Waals surface area contributed by atoms with Crippen LogP contribution in [0.4, 0.5) is 17.1 Å². The predicted molar refractivity (Wildman–Crippen MR) is 83.8 cm³/mol. The first-order valence-electron chi connectivity index (χ1n) is 6.44. The lowest BCUT2D eigenvalue weighted by molar-refractivity contribution is 1.32. The van der Waals surface area contributed by atoms with Crippen molar-refractivity contribution >= 4 is 17.1 Å². The van der Waals surface area contributed by atoms with Crippen molar-refractivity contribution in [2.75, 3.05) is 11.1 Å². The van der Waals surface area contributed by atoms with Crippen LogP contribution in [0.1, 0.15) is 0 Å². The maximum absolute atomic E-state index is 5.82. The van der Waals surface area contributed by atoms with Crippen LogP contribution in [0.2, 0.25) is 0 Å². The van der Waals surface area contributed by atoms with E-state index in [9.17, 15) is 0 Å². The number of hydrogen-bond acceptors (Lipinski definition) is 3. The zero-order chi connectivity index (χ0) is 13.8. The first-order chi connectivity index (χ1) is 9.81. The molecule has 3 heteroatoms. The highest BCUT2D eigenvalue weighted by Crippen LogP contribution is 2.24. The van der Waals surface area contributed by atoms with Gasteiger partial charge >= 0.3 is 0 Å². The van der Waals surface area contributed by atoms with Crippen molar-refractivity contribution in [3.8, 4) is 11.1 Å². The minimum atomic E-state index is 0.754. The second kappa shape index (κ2) is 5.45. The number of pyridine rings is 1.